The maximum Gasteiger partial charge on any atom is 0.408 e. The van der Waals surface area contributed by atoms with Gasteiger partial charge in [0.1, 0.15) is 24.4 Å². The number of methoxy groups -OCH3 is 1. The predicted molar refractivity (Wildman–Crippen MR) is 126 cm³/mol. The maximum absolute atomic E-state index is 12.4. The van der Waals surface area contributed by atoms with Crippen molar-refractivity contribution in [1.82, 2.24) is 5.32 Å². The smallest absolute Gasteiger partial charge is 0.408 e. The second-order valence-electron chi connectivity index (χ2n) is 9.54. The summed E-state index contributed by atoms with van der Waals surface area (Å²) in [4.78, 5) is 71.8. The third kappa shape index (κ3) is 11.3. The number of alkyl carbamates (subject to hydrolysis) is 1. The normalized spacial score (nSPS) is 23.7. The molecule has 1 rings (SSSR count). The number of carbonyl (C=O) groups is 6. The number of esters is 5. The Morgan fingerprint density at radius 3 is 1.74 bits per heavy atom. The average Bonchev–Trinajstić information content (AvgIpc) is 2.75. The Labute approximate surface area is 220 Å². The van der Waals surface area contributed by atoms with Gasteiger partial charge in [0.15, 0.2) is 18.3 Å². The molecule has 0 radical (unpaired) electrons. The van der Waals surface area contributed by atoms with Crippen LogP contribution in [0.25, 0.3) is 0 Å². The molecule has 0 aromatic rings. The fraction of sp³-hybridized carbons (Fsp3) is 0.750. The number of hydrogen-bond donors (Lipinski definition) is 1. The van der Waals surface area contributed by atoms with Crippen LogP contribution in [-0.4, -0.2) is 91.8 Å². The molecule has 0 bridgehead atoms. The minimum atomic E-state index is -1.34. The van der Waals surface area contributed by atoms with Gasteiger partial charge in [0.2, 0.25) is 0 Å². The summed E-state index contributed by atoms with van der Waals surface area (Å²) in [6.45, 7) is 9.07. The summed E-state index contributed by atoms with van der Waals surface area (Å²) in [5.41, 5.74) is -0.829. The van der Waals surface area contributed by atoms with Crippen molar-refractivity contribution in [2.45, 2.75) is 103 Å². The summed E-state index contributed by atoms with van der Waals surface area (Å²) in [5, 5.41) is 2.43. The van der Waals surface area contributed by atoms with E-state index in [1.807, 2.05) is 0 Å². The fourth-order valence-electron chi connectivity index (χ4n) is 3.72. The quantitative estimate of drug-likeness (QED) is 0.302. The monoisotopic (exact) mass is 547 g/mol. The van der Waals surface area contributed by atoms with Crippen molar-refractivity contribution in [3.63, 3.8) is 0 Å². The van der Waals surface area contributed by atoms with Gasteiger partial charge in [0.25, 0.3) is 0 Å². The lowest BCUT2D eigenvalue weighted by Gasteiger charge is -2.44. The topological polar surface area (TPSA) is 179 Å². The van der Waals surface area contributed by atoms with E-state index in [9.17, 15) is 28.8 Å². The summed E-state index contributed by atoms with van der Waals surface area (Å²) in [5.74, 6) is -3.70. The lowest BCUT2D eigenvalue weighted by Crippen LogP contribution is -2.62. The molecule has 1 aliphatic heterocycles. The number of hydrogen-bond acceptors (Lipinski definition) is 13. The van der Waals surface area contributed by atoms with Crippen LogP contribution >= 0.6 is 0 Å². The standard InChI is InChI=1S/C24H37NO13/c1-12(26)33-11-18-20(35-14(3)28)21(36-15(4)29)19(34-13(2)27)17(37-18)10-9-16(22(30)32-8)25-23(31)38-24(5,6)7/h16-21H,9-11H2,1-8H3,(H,25,31)/t16-,17-,18-,19+,20+,21-/m1/s1. The van der Waals surface area contributed by atoms with Crippen LogP contribution in [0.1, 0.15) is 61.3 Å². The first-order chi connectivity index (χ1) is 17.5. The van der Waals surface area contributed by atoms with Crippen LogP contribution in [0.5, 0.6) is 0 Å². The molecule has 38 heavy (non-hydrogen) atoms. The summed E-state index contributed by atoms with van der Waals surface area (Å²) >= 11 is 0. The van der Waals surface area contributed by atoms with Crippen LogP contribution in [0.3, 0.4) is 0 Å². The van der Waals surface area contributed by atoms with Gasteiger partial charge in [-0.15, -0.1) is 0 Å². The molecule has 0 aromatic heterocycles. The lowest BCUT2D eigenvalue weighted by molar-refractivity contribution is -0.253. The molecular formula is C24H37NO13. The van der Waals surface area contributed by atoms with Crippen LogP contribution in [-0.2, 0) is 57.1 Å². The number of rotatable bonds is 10. The highest BCUT2D eigenvalue weighted by Crippen LogP contribution is 2.31. The molecule has 216 valence electrons. The van der Waals surface area contributed by atoms with Crippen LogP contribution < -0.4 is 5.32 Å². The number of nitrogens with one attached hydrogen (secondary N) is 1. The second-order valence-corrected chi connectivity index (χ2v) is 9.54. The highest BCUT2D eigenvalue weighted by atomic mass is 16.7. The minimum Gasteiger partial charge on any atom is -0.467 e. The van der Waals surface area contributed by atoms with Crippen LogP contribution in [0, 0.1) is 0 Å². The first-order valence-electron chi connectivity index (χ1n) is 11.9. The third-order valence-electron chi connectivity index (χ3n) is 5.00. The molecule has 1 amide bonds. The molecule has 1 heterocycles. The molecule has 0 aliphatic carbocycles. The van der Waals surface area contributed by atoms with Gasteiger partial charge in [0.05, 0.1) is 13.2 Å². The van der Waals surface area contributed by atoms with Gasteiger partial charge < -0.3 is 38.5 Å². The first-order valence-corrected chi connectivity index (χ1v) is 11.9. The van der Waals surface area contributed by atoms with Crippen LogP contribution in [0.2, 0.25) is 0 Å². The molecule has 0 saturated carbocycles. The summed E-state index contributed by atoms with van der Waals surface area (Å²) < 4.78 is 37.1. The Balaban J connectivity index is 3.31. The van der Waals surface area contributed by atoms with Gasteiger partial charge >= 0.3 is 35.9 Å². The zero-order chi connectivity index (χ0) is 29.2. The first kappa shape index (κ1) is 32.6. The van der Waals surface area contributed by atoms with E-state index >= 15 is 0 Å². The van der Waals surface area contributed by atoms with E-state index in [1.54, 1.807) is 20.8 Å². The molecule has 1 N–H and O–H groups in total. The Morgan fingerprint density at radius 1 is 0.789 bits per heavy atom. The van der Waals surface area contributed by atoms with Gasteiger partial charge in [-0.05, 0) is 33.6 Å². The zero-order valence-corrected chi connectivity index (χ0v) is 22.9. The molecule has 0 spiro atoms. The van der Waals surface area contributed by atoms with E-state index in [4.69, 9.17) is 33.2 Å². The van der Waals surface area contributed by atoms with Gasteiger partial charge in [-0.1, -0.05) is 0 Å². The van der Waals surface area contributed by atoms with Crippen LogP contribution in [0.15, 0.2) is 0 Å². The SMILES string of the molecule is COC(=O)[C@@H](CC[C@H]1O[C@H](COC(C)=O)[C@H](OC(C)=O)[C@H](OC(C)=O)[C@H]1OC(C)=O)NC(=O)OC(C)(C)C. The van der Waals surface area contributed by atoms with Crippen molar-refractivity contribution in [3.05, 3.63) is 0 Å². The molecule has 14 nitrogen and oxygen atoms in total. The molecule has 6 atom stereocenters. The van der Waals surface area contributed by atoms with E-state index in [1.165, 1.54) is 0 Å². The van der Waals surface area contributed by atoms with Crippen molar-refractivity contribution in [2.24, 2.45) is 0 Å². The molecule has 1 fully saturated rings. The average molecular weight is 548 g/mol. The van der Waals surface area contributed by atoms with E-state index in [0.29, 0.717) is 0 Å². The van der Waals surface area contributed by atoms with E-state index in [2.05, 4.69) is 5.32 Å². The Hall–Kier alpha value is -3.42. The predicted octanol–water partition coefficient (Wildman–Crippen LogP) is 0.959. The van der Waals surface area contributed by atoms with Crippen molar-refractivity contribution in [3.8, 4) is 0 Å². The number of carbonyl (C=O) groups excluding carboxylic acids is 6. The summed E-state index contributed by atoms with van der Waals surface area (Å²) in [6.07, 6.45) is -7.09. The fourth-order valence-corrected chi connectivity index (χ4v) is 3.72. The third-order valence-corrected chi connectivity index (χ3v) is 5.00. The summed E-state index contributed by atoms with van der Waals surface area (Å²) in [6, 6.07) is -1.18. The van der Waals surface area contributed by atoms with Gasteiger partial charge in [-0.2, -0.15) is 0 Å². The molecular weight excluding hydrogens is 510 g/mol. The number of amides is 1. The lowest BCUT2D eigenvalue weighted by atomic mass is 9.91. The van der Waals surface area contributed by atoms with Gasteiger partial charge in [0, 0.05) is 27.7 Å². The molecule has 0 aromatic carbocycles. The van der Waals surface area contributed by atoms with Gasteiger partial charge in [-0.3, -0.25) is 19.2 Å². The van der Waals surface area contributed by atoms with Crippen LogP contribution in [0.4, 0.5) is 4.79 Å². The van der Waals surface area contributed by atoms with Gasteiger partial charge in [-0.25, -0.2) is 9.59 Å². The van der Waals surface area contributed by atoms with E-state index in [0.717, 1.165) is 34.8 Å². The second kappa shape index (κ2) is 14.5. The van der Waals surface area contributed by atoms with E-state index in [-0.39, 0.29) is 19.4 Å². The molecule has 14 heteroatoms. The van der Waals surface area contributed by atoms with Crippen molar-refractivity contribution in [2.75, 3.05) is 13.7 Å². The highest BCUT2D eigenvalue weighted by molar-refractivity contribution is 5.81. The Bertz CT molecular complexity index is 881. The summed E-state index contributed by atoms with van der Waals surface area (Å²) in [7, 11) is 1.14. The van der Waals surface area contributed by atoms with Crippen molar-refractivity contribution in [1.29, 1.82) is 0 Å². The largest absolute Gasteiger partial charge is 0.467 e. The Morgan fingerprint density at radius 2 is 1.29 bits per heavy atom. The Kier molecular flexibility index (Phi) is 12.4. The number of ether oxygens (including phenoxy) is 7. The highest BCUT2D eigenvalue weighted by Gasteiger charge is 2.52. The zero-order valence-electron chi connectivity index (χ0n) is 22.9. The van der Waals surface area contributed by atoms with Crippen molar-refractivity contribution < 1.29 is 61.9 Å². The minimum absolute atomic E-state index is 0.0470. The maximum atomic E-state index is 12.4. The molecule has 0 unspecified atom stereocenters. The van der Waals surface area contributed by atoms with E-state index < -0.39 is 78.1 Å². The molecule has 1 saturated heterocycles. The molecule has 1 aliphatic rings. The van der Waals surface area contributed by atoms with Crippen molar-refractivity contribution >= 4 is 35.9 Å².